The van der Waals surface area contributed by atoms with E-state index in [1.165, 1.54) is 5.56 Å². The van der Waals surface area contributed by atoms with E-state index in [9.17, 15) is 0 Å². The number of nitrogens with one attached hydrogen (secondary N) is 1. The highest BCUT2D eigenvalue weighted by Gasteiger charge is 2.17. The van der Waals surface area contributed by atoms with Gasteiger partial charge in [0.2, 0.25) is 5.95 Å². The van der Waals surface area contributed by atoms with Gasteiger partial charge >= 0.3 is 0 Å². The molecule has 0 bridgehead atoms. The number of hydrogen-bond donors (Lipinski definition) is 1. The second-order valence-corrected chi connectivity index (χ2v) is 6.44. The summed E-state index contributed by atoms with van der Waals surface area (Å²) in [7, 11) is 0. The van der Waals surface area contributed by atoms with Crippen molar-refractivity contribution in [2.75, 3.05) is 5.32 Å². The molecule has 1 N–H and O–H groups in total. The zero-order chi connectivity index (χ0) is 15.7. The predicted octanol–water partition coefficient (Wildman–Crippen LogP) is 4.30. The number of aryl methyl sites for hydroxylation is 2. The zero-order valence-corrected chi connectivity index (χ0v) is 13.9. The Balaban J connectivity index is 2.15. The molecule has 3 heterocycles. The molecule has 3 aromatic rings. The molecule has 0 aromatic carbocycles. The van der Waals surface area contributed by atoms with Gasteiger partial charge in [-0.3, -0.25) is 0 Å². The Bertz CT molecular complexity index is 791. The quantitative estimate of drug-likeness (QED) is 0.778. The minimum atomic E-state index is 0.274. The molecule has 0 aliphatic heterocycles. The number of thiophene rings is 1. The maximum Gasteiger partial charge on any atom is 0.223 e. The lowest BCUT2D eigenvalue weighted by molar-refractivity contribution is 0.427. The van der Waals surface area contributed by atoms with E-state index in [1.54, 1.807) is 17.5 Å². The van der Waals surface area contributed by atoms with E-state index in [2.05, 4.69) is 47.7 Å². The third-order valence-electron chi connectivity index (χ3n) is 3.18. The van der Waals surface area contributed by atoms with Gasteiger partial charge in [-0.15, -0.1) is 11.3 Å². The Hall–Kier alpha value is -2.21. The van der Waals surface area contributed by atoms with Gasteiger partial charge in [0.15, 0.2) is 5.76 Å². The molecule has 0 radical (unpaired) electrons. The Morgan fingerprint density at radius 3 is 2.68 bits per heavy atom. The van der Waals surface area contributed by atoms with Crippen LogP contribution in [-0.4, -0.2) is 21.2 Å². The summed E-state index contributed by atoms with van der Waals surface area (Å²) in [5.41, 5.74) is 3.77. The van der Waals surface area contributed by atoms with E-state index in [-0.39, 0.29) is 6.04 Å². The lowest BCUT2D eigenvalue weighted by atomic mass is 10.1. The van der Waals surface area contributed by atoms with Crippen LogP contribution >= 0.6 is 11.3 Å². The monoisotopic (exact) mass is 314 g/mol. The summed E-state index contributed by atoms with van der Waals surface area (Å²) in [5.74, 6) is 1.31. The molecule has 0 unspecified atom stereocenters. The van der Waals surface area contributed by atoms with Gasteiger partial charge in [0.1, 0.15) is 0 Å². The first kappa shape index (κ1) is 14.7. The second-order valence-electron chi connectivity index (χ2n) is 5.52. The Labute approximate surface area is 133 Å². The molecule has 5 nitrogen and oxygen atoms in total. The summed E-state index contributed by atoms with van der Waals surface area (Å²) in [6.07, 6.45) is 1.80. The van der Waals surface area contributed by atoms with Gasteiger partial charge in [-0.05, 0) is 44.7 Å². The lowest BCUT2D eigenvalue weighted by Crippen LogP contribution is -2.12. The predicted molar refractivity (Wildman–Crippen MR) is 89.1 cm³/mol. The van der Waals surface area contributed by atoms with Crippen LogP contribution < -0.4 is 5.32 Å². The van der Waals surface area contributed by atoms with Crippen LogP contribution in [0.5, 0.6) is 0 Å². The Morgan fingerprint density at radius 2 is 2.09 bits per heavy atom. The van der Waals surface area contributed by atoms with Crippen molar-refractivity contribution in [2.45, 2.75) is 33.7 Å². The van der Waals surface area contributed by atoms with Crippen LogP contribution in [0, 0.1) is 13.8 Å². The van der Waals surface area contributed by atoms with Crippen molar-refractivity contribution in [3.05, 3.63) is 35.0 Å². The fraction of sp³-hybridized carbons (Fsp3) is 0.312. The smallest absolute Gasteiger partial charge is 0.223 e. The minimum Gasteiger partial charge on any atom is -0.356 e. The molecule has 0 saturated carbocycles. The van der Waals surface area contributed by atoms with E-state index in [0.717, 1.165) is 21.8 Å². The minimum absolute atomic E-state index is 0.274. The summed E-state index contributed by atoms with van der Waals surface area (Å²) in [6, 6.07) is 4.27. The summed E-state index contributed by atoms with van der Waals surface area (Å²) < 4.78 is 5.40. The molecule has 0 amide bonds. The summed E-state index contributed by atoms with van der Waals surface area (Å²) in [5, 5.41) is 9.28. The molecular formula is C16H18N4OS. The molecule has 22 heavy (non-hydrogen) atoms. The van der Waals surface area contributed by atoms with Crippen LogP contribution in [0.25, 0.3) is 21.9 Å². The zero-order valence-electron chi connectivity index (χ0n) is 13.0. The van der Waals surface area contributed by atoms with Crippen LogP contribution in [-0.2, 0) is 0 Å². The van der Waals surface area contributed by atoms with Gasteiger partial charge in [0, 0.05) is 18.3 Å². The normalized spacial score (nSPS) is 11.1. The van der Waals surface area contributed by atoms with Gasteiger partial charge in [-0.2, -0.15) is 0 Å². The van der Waals surface area contributed by atoms with Crippen LogP contribution in [0.2, 0.25) is 0 Å². The molecular weight excluding hydrogens is 296 g/mol. The molecule has 114 valence electrons. The molecule has 0 aliphatic rings. The van der Waals surface area contributed by atoms with E-state index in [1.807, 2.05) is 13.0 Å². The maximum atomic E-state index is 5.40. The van der Waals surface area contributed by atoms with Crippen molar-refractivity contribution in [2.24, 2.45) is 0 Å². The fourth-order valence-electron chi connectivity index (χ4n) is 2.17. The standard InChI is InChI=1S/C16H18N4OS/c1-9(2)18-16-17-8-12(13-7-11(4)20-21-13)14(19-16)15-10(3)5-6-22-15/h5-9H,1-4H3,(H,17,18,19). The van der Waals surface area contributed by atoms with E-state index in [4.69, 9.17) is 9.51 Å². The summed E-state index contributed by atoms with van der Waals surface area (Å²) >= 11 is 1.67. The van der Waals surface area contributed by atoms with E-state index in [0.29, 0.717) is 11.7 Å². The second kappa shape index (κ2) is 5.88. The van der Waals surface area contributed by atoms with E-state index < -0.39 is 0 Å². The first-order chi connectivity index (χ1) is 10.5. The molecule has 0 atom stereocenters. The molecule has 0 saturated heterocycles. The van der Waals surface area contributed by atoms with Gasteiger partial charge < -0.3 is 9.84 Å². The van der Waals surface area contributed by atoms with Crippen molar-refractivity contribution in [1.82, 2.24) is 15.1 Å². The van der Waals surface area contributed by atoms with Gasteiger partial charge in [-0.25, -0.2) is 9.97 Å². The van der Waals surface area contributed by atoms with Crippen LogP contribution in [0.1, 0.15) is 25.1 Å². The van der Waals surface area contributed by atoms with Gasteiger partial charge in [-0.1, -0.05) is 5.16 Å². The lowest BCUT2D eigenvalue weighted by Gasteiger charge is -2.11. The van der Waals surface area contributed by atoms with E-state index >= 15 is 0 Å². The molecule has 3 aromatic heterocycles. The third kappa shape index (κ3) is 2.87. The number of nitrogens with zero attached hydrogens (tertiary/aromatic N) is 3. The van der Waals surface area contributed by atoms with Crippen LogP contribution in [0.3, 0.4) is 0 Å². The largest absolute Gasteiger partial charge is 0.356 e. The Kier molecular flexibility index (Phi) is 3.94. The SMILES string of the molecule is Cc1cc(-c2cnc(NC(C)C)nc2-c2sccc2C)on1. The third-order valence-corrected chi connectivity index (χ3v) is 4.20. The highest BCUT2D eigenvalue weighted by Crippen LogP contribution is 2.36. The number of rotatable bonds is 4. The average molecular weight is 314 g/mol. The number of anilines is 1. The van der Waals surface area contributed by atoms with Crippen LogP contribution in [0.15, 0.2) is 28.2 Å². The Morgan fingerprint density at radius 1 is 1.27 bits per heavy atom. The van der Waals surface area contributed by atoms with Crippen molar-refractivity contribution < 1.29 is 4.52 Å². The van der Waals surface area contributed by atoms with Crippen molar-refractivity contribution in [3.8, 4) is 21.9 Å². The van der Waals surface area contributed by atoms with Crippen molar-refractivity contribution in [1.29, 1.82) is 0 Å². The van der Waals surface area contributed by atoms with Gasteiger partial charge in [0.05, 0.1) is 21.8 Å². The first-order valence-electron chi connectivity index (χ1n) is 7.16. The number of aromatic nitrogens is 3. The highest BCUT2D eigenvalue weighted by molar-refractivity contribution is 7.13. The maximum absolute atomic E-state index is 5.40. The topological polar surface area (TPSA) is 63.8 Å². The summed E-state index contributed by atoms with van der Waals surface area (Å²) in [4.78, 5) is 10.2. The summed E-state index contributed by atoms with van der Waals surface area (Å²) in [6.45, 7) is 8.11. The molecule has 0 fully saturated rings. The van der Waals surface area contributed by atoms with Crippen LogP contribution in [0.4, 0.5) is 5.95 Å². The van der Waals surface area contributed by atoms with Crippen molar-refractivity contribution in [3.63, 3.8) is 0 Å². The van der Waals surface area contributed by atoms with Gasteiger partial charge in [0.25, 0.3) is 0 Å². The average Bonchev–Trinajstić information content (AvgIpc) is 3.06. The van der Waals surface area contributed by atoms with Crippen molar-refractivity contribution >= 4 is 17.3 Å². The molecule has 3 rings (SSSR count). The molecule has 0 aliphatic carbocycles. The first-order valence-corrected chi connectivity index (χ1v) is 8.04. The number of hydrogen-bond acceptors (Lipinski definition) is 6. The fourth-order valence-corrected chi connectivity index (χ4v) is 3.10. The highest BCUT2D eigenvalue weighted by atomic mass is 32.1. The molecule has 0 spiro atoms. The molecule has 6 heteroatoms.